The van der Waals surface area contributed by atoms with E-state index in [1.807, 2.05) is 0 Å². The predicted octanol–water partition coefficient (Wildman–Crippen LogP) is 3.64. The summed E-state index contributed by atoms with van der Waals surface area (Å²) in [4.78, 5) is 35.1. The molecule has 0 radical (unpaired) electrons. The molecule has 28 heavy (non-hydrogen) atoms. The van der Waals surface area contributed by atoms with Crippen molar-refractivity contribution in [3.05, 3.63) is 47.5 Å². The quantitative estimate of drug-likeness (QED) is 0.574. The lowest BCUT2D eigenvalue weighted by Crippen LogP contribution is -2.21. The number of ketones is 1. The summed E-state index contributed by atoms with van der Waals surface area (Å²) in [5.74, 6) is 0.253. The minimum absolute atomic E-state index is 0.131. The van der Waals surface area contributed by atoms with Gasteiger partial charge in [0.05, 0.1) is 13.0 Å². The van der Waals surface area contributed by atoms with E-state index in [1.165, 1.54) is 26.0 Å². The molecule has 2 aromatic rings. The van der Waals surface area contributed by atoms with Crippen LogP contribution >= 0.6 is 0 Å². The van der Waals surface area contributed by atoms with Gasteiger partial charge in [-0.1, -0.05) is 12.1 Å². The zero-order valence-corrected chi connectivity index (χ0v) is 15.8. The van der Waals surface area contributed by atoms with Crippen molar-refractivity contribution < 1.29 is 33.3 Å². The molecule has 7 nitrogen and oxygen atoms in total. The summed E-state index contributed by atoms with van der Waals surface area (Å²) in [6.45, 7) is 4.76. The molecule has 1 aliphatic heterocycles. The normalized spacial score (nSPS) is 15.2. The SMILES string of the molecule is CCOc1cc(OC(C)=O)cc2c1C(=O)CC(c1ccc(OC(C)=O)cc1)O2. The average Bonchev–Trinajstić information content (AvgIpc) is 2.61. The lowest BCUT2D eigenvalue weighted by molar-refractivity contribution is -0.132. The van der Waals surface area contributed by atoms with Gasteiger partial charge in [-0.3, -0.25) is 14.4 Å². The Hall–Kier alpha value is -3.35. The Morgan fingerprint density at radius 3 is 2.29 bits per heavy atom. The van der Waals surface area contributed by atoms with Crippen molar-refractivity contribution in [3.63, 3.8) is 0 Å². The first-order valence-corrected chi connectivity index (χ1v) is 8.85. The summed E-state index contributed by atoms with van der Waals surface area (Å²) in [7, 11) is 0. The van der Waals surface area contributed by atoms with Gasteiger partial charge in [-0.25, -0.2) is 0 Å². The fourth-order valence-corrected chi connectivity index (χ4v) is 3.00. The van der Waals surface area contributed by atoms with Gasteiger partial charge in [0.1, 0.15) is 34.7 Å². The Kier molecular flexibility index (Phi) is 5.63. The van der Waals surface area contributed by atoms with Gasteiger partial charge in [-0.2, -0.15) is 0 Å². The smallest absolute Gasteiger partial charge is 0.308 e. The van der Waals surface area contributed by atoms with E-state index in [9.17, 15) is 14.4 Å². The number of esters is 2. The molecule has 0 N–H and O–H groups in total. The molecule has 146 valence electrons. The molecule has 2 aromatic carbocycles. The molecule has 3 rings (SSSR count). The zero-order valence-electron chi connectivity index (χ0n) is 15.8. The third-order valence-corrected chi connectivity index (χ3v) is 4.03. The molecule has 0 saturated carbocycles. The fraction of sp³-hybridized carbons (Fsp3) is 0.286. The Labute approximate surface area is 162 Å². The molecule has 0 amide bonds. The topological polar surface area (TPSA) is 88.1 Å². The van der Waals surface area contributed by atoms with E-state index in [2.05, 4.69) is 0 Å². The van der Waals surface area contributed by atoms with E-state index >= 15 is 0 Å². The van der Waals surface area contributed by atoms with Gasteiger partial charge in [0.15, 0.2) is 5.78 Å². The molecule has 0 aliphatic carbocycles. The Balaban J connectivity index is 1.92. The van der Waals surface area contributed by atoms with Crippen molar-refractivity contribution in [2.75, 3.05) is 6.61 Å². The second-order valence-corrected chi connectivity index (χ2v) is 6.22. The van der Waals surface area contributed by atoms with Crippen LogP contribution in [0.15, 0.2) is 36.4 Å². The third-order valence-electron chi connectivity index (χ3n) is 4.03. The number of ether oxygens (including phenoxy) is 4. The molecular weight excluding hydrogens is 364 g/mol. The van der Waals surface area contributed by atoms with E-state index in [0.29, 0.717) is 29.4 Å². The summed E-state index contributed by atoms with van der Waals surface area (Å²) >= 11 is 0. The highest BCUT2D eigenvalue weighted by Crippen LogP contribution is 2.42. The minimum atomic E-state index is -0.520. The molecule has 7 heteroatoms. The Morgan fingerprint density at radius 2 is 1.68 bits per heavy atom. The lowest BCUT2D eigenvalue weighted by atomic mass is 9.95. The van der Waals surface area contributed by atoms with Crippen LogP contribution in [0.25, 0.3) is 0 Å². The molecule has 0 saturated heterocycles. The first kappa shape index (κ1) is 19.4. The van der Waals surface area contributed by atoms with Crippen LogP contribution in [0.1, 0.15) is 49.2 Å². The van der Waals surface area contributed by atoms with Crippen molar-refractivity contribution in [2.24, 2.45) is 0 Å². The number of Topliss-reactive ketones (excluding diaryl/α,β-unsaturated/α-hetero) is 1. The summed E-state index contributed by atoms with van der Waals surface area (Å²) in [6, 6.07) is 9.78. The van der Waals surface area contributed by atoms with Crippen molar-refractivity contribution in [1.82, 2.24) is 0 Å². The molecule has 1 heterocycles. The molecule has 1 unspecified atom stereocenters. The molecule has 0 fully saturated rings. The average molecular weight is 384 g/mol. The van der Waals surface area contributed by atoms with Crippen LogP contribution in [0, 0.1) is 0 Å². The second-order valence-electron chi connectivity index (χ2n) is 6.22. The van der Waals surface area contributed by atoms with Crippen molar-refractivity contribution in [1.29, 1.82) is 0 Å². The summed E-state index contributed by atoms with van der Waals surface area (Å²) < 4.78 is 21.7. The van der Waals surface area contributed by atoms with Gasteiger partial charge in [0, 0.05) is 26.0 Å². The zero-order chi connectivity index (χ0) is 20.3. The number of rotatable bonds is 5. The van der Waals surface area contributed by atoms with Crippen molar-refractivity contribution in [3.8, 4) is 23.0 Å². The molecule has 1 atom stereocenters. The molecule has 1 aliphatic rings. The van der Waals surface area contributed by atoms with Gasteiger partial charge in [-0.15, -0.1) is 0 Å². The molecule has 0 spiro atoms. The molecule has 0 bridgehead atoms. The highest BCUT2D eigenvalue weighted by Gasteiger charge is 2.31. The predicted molar refractivity (Wildman–Crippen MR) is 99.0 cm³/mol. The van der Waals surface area contributed by atoms with Crippen LogP contribution in [0.2, 0.25) is 0 Å². The van der Waals surface area contributed by atoms with Crippen LogP contribution < -0.4 is 18.9 Å². The standard InChI is InChI=1S/C21H20O7/c1-4-25-19-9-16(27-13(3)23)10-20-21(19)17(24)11-18(28-20)14-5-7-15(8-6-14)26-12(2)22/h5-10,18H,4,11H2,1-3H3. The first-order valence-electron chi connectivity index (χ1n) is 8.85. The van der Waals surface area contributed by atoms with Crippen LogP contribution in [0.3, 0.4) is 0 Å². The number of carbonyl (C=O) groups excluding carboxylic acids is 3. The Morgan fingerprint density at radius 1 is 1.04 bits per heavy atom. The van der Waals surface area contributed by atoms with Crippen molar-refractivity contribution >= 4 is 17.7 Å². The molecular formula is C21H20O7. The second kappa shape index (κ2) is 8.12. The molecule has 0 aromatic heterocycles. The maximum Gasteiger partial charge on any atom is 0.308 e. The van der Waals surface area contributed by atoms with Crippen LogP contribution in [-0.2, 0) is 9.59 Å². The van der Waals surface area contributed by atoms with E-state index < -0.39 is 18.0 Å². The largest absolute Gasteiger partial charge is 0.493 e. The van der Waals surface area contributed by atoms with Gasteiger partial charge in [0.25, 0.3) is 0 Å². The summed E-state index contributed by atoms with van der Waals surface area (Å²) in [5.41, 5.74) is 1.09. The van der Waals surface area contributed by atoms with Crippen LogP contribution in [0.4, 0.5) is 0 Å². The van der Waals surface area contributed by atoms with Crippen molar-refractivity contribution in [2.45, 2.75) is 33.3 Å². The number of carbonyl (C=O) groups is 3. The van der Waals surface area contributed by atoms with Gasteiger partial charge < -0.3 is 18.9 Å². The highest BCUT2D eigenvalue weighted by atomic mass is 16.5. The number of hydrogen-bond donors (Lipinski definition) is 0. The van der Waals surface area contributed by atoms with E-state index in [4.69, 9.17) is 18.9 Å². The van der Waals surface area contributed by atoms with E-state index in [0.717, 1.165) is 5.56 Å². The maximum absolute atomic E-state index is 12.8. The number of fused-ring (bicyclic) bond motifs is 1. The van der Waals surface area contributed by atoms with E-state index in [-0.39, 0.29) is 18.0 Å². The van der Waals surface area contributed by atoms with Crippen LogP contribution in [-0.4, -0.2) is 24.3 Å². The number of hydrogen-bond acceptors (Lipinski definition) is 7. The minimum Gasteiger partial charge on any atom is -0.493 e. The monoisotopic (exact) mass is 384 g/mol. The van der Waals surface area contributed by atoms with Gasteiger partial charge in [-0.05, 0) is 24.6 Å². The fourth-order valence-electron chi connectivity index (χ4n) is 3.00. The summed E-state index contributed by atoms with van der Waals surface area (Å²) in [6.07, 6.45) is -0.388. The van der Waals surface area contributed by atoms with Gasteiger partial charge >= 0.3 is 11.9 Å². The van der Waals surface area contributed by atoms with E-state index in [1.54, 1.807) is 31.2 Å². The highest BCUT2D eigenvalue weighted by molar-refractivity contribution is 6.03. The third kappa shape index (κ3) is 4.31. The number of benzene rings is 2. The summed E-state index contributed by atoms with van der Waals surface area (Å²) in [5, 5.41) is 0. The lowest BCUT2D eigenvalue weighted by Gasteiger charge is -2.27. The van der Waals surface area contributed by atoms with Gasteiger partial charge in [0.2, 0.25) is 0 Å². The maximum atomic E-state index is 12.8. The van der Waals surface area contributed by atoms with Crippen LogP contribution in [0.5, 0.6) is 23.0 Å². The first-order chi connectivity index (χ1) is 13.4. The Bertz CT molecular complexity index is 915.